The van der Waals surface area contributed by atoms with Crippen LogP contribution in [0.4, 0.5) is 4.79 Å². The molecule has 3 rings (SSSR count). The highest BCUT2D eigenvalue weighted by molar-refractivity contribution is 6.38. The molecule has 5 N–H and O–H groups in total. The minimum atomic E-state index is -1.24. The SMILES string of the molecule is CC(C)COC(=O)N[C@H]1CC/C=C\CC2(CC2)CC(C(=O)C(=O)NCC(=O)N[C@H](C(=O)OC(C)(C)C)c2ccccc2)NC(=O)[C@H](CC(C)C)NC1=O. The van der Waals surface area contributed by atoms with Crippen molar-refractivity contribution in [3.63, 3.8) is 0 Å². The Balaban J connectivity index is 1.77. The van der Waals surface area contributed by atoms with Gasteiger partial charge in [-0.15, -0.1) is 0 Å². The van der Waals surface area contributed by atoms with Crippen LogP contribution in [-0.4, -0.2) is 78.4 Å². The van der Waals surface area contributed by atoms with Gasteiger partial charge in [0, 0.05) is 0 Å². The van der Waals surface area contributed by atoms with Crippen LogP contribution in [-0.2, 0) is 38.2 Å². The average Bonchev–Trinajstić information content (AvgIpc) is 3.84. The van der Waals surface area contributed by atoms with Crippen LogP contribution in [0.1, 0.15) is 105 Å². The van der Waals surface area contributed by atoms with Gasteiger partial charge < -0.3 is 36.1 Å². The zero-order chi connectivity index (χ0) is 39.3. The van der Waals surface area contributed by atoms with Crippen molar-refractivity contribution in [3.05, 3.63) is 48.0 Å². The number of hydrogen-bond donors (Lipinski definition) is 5. The van der Waals surface area contributed by atoms with Crippen molar-refractivity contribution in [2.45, 2.75) is 123 Å². The lowest BCUT2D eigenvalue weighted by molar-refractivity contribution is -0.158. The van der Waals surface area contributed by atoms with E-state index in [1.165, 1.54) is 0 Å². The van der Waals surface area contributed by atoms with Crippen LogP contribution in [0.25, 0.3) is 0 Å². The van der Waals surface area contributed by atoms with Crippen LogP contribution >= 0.6 is 0 Å². The van der Waals surface area contributed by atoms with E-state index >= 15 is 0 Å². The molecule has 1 aromatic rings. The van der Waals surface area contributed by atoms with E-state index < -0.39 is 77.8 Å². The van der Waals surface area contributed by atoms with E-state index in [-0.39, 0.29) is 43.1 Å². The molecule has 53 heavy (non-hydrogen) atoms. The minimum Gasteiger partial charge on any atom is -0.458 e. The standard InChI is InChI=1S/C39H57N5O9/c1-24(2)20-28-34(48)42-29(21-39(18-19-39)17-13-9-12-16-27(33(47)41-28)43-37(51)52-23-25(3)4)32(46)35(49)40-22-30(45)44-31(26-14-10-8-11-15-26)36(50)53-38(5,6)7/h8-11,13-15,24-25,27-29,31H,12,16-23H2,1-7H3,(H,40,49)(H,41,47)(H,42,48)(H,43,51)(H,44,45)/b13-9-/t27-,28-,29?,31-/m0/s1. The van der Waals surface area contributed by atoms with Gasteiger partial charge in [0.05, 0.1) is 19.2 Å². The van der Waals surface area contributed by atoms with Gasteiger partial charge in [0.15, 0.2) is 6.04 Å². The second-order valence-electron chi connectivity index (χ2n) is 15.9. The predicted molar refractivity (Wildman–Crippen MR) is 197 cm³/mol. The largest absolute Gasteiger partial charge is 0.458 e. The van der Waals surface area contributed by atoms with Crippen LogP contribution in [0, 0.1) is 17.3 Å². The van der Waals surface area contributed by atoms with Crippen molar-refractivity contribution in [3.8, 4) is 0 Å². The molecule has 1 fully saturated rings. The molecule has 0 saturated heterocycles. The van der Waals surface area contributed by atoms with Crippen molar-refractivity contribution < 1.29 is 43.0 Å². The summed E-state index contributed by atoms with van der Waals surface area (Å²) in [5, 5.41) is 13.0. The summed E-state index contributed by atoms with van der Waals surface area (Å²) in [6.45, 7) is 12.2. The van der Waals surface area contributed by atoms with E-state index in [1.54, 1.807) is 51.1 Å². The van der Waals surface area contributed by atoms with Crippen molar-refractivity contribution in [2.24, 2.45) is 17.3 Å². The number of benzene rings is 1. The molecule has 0 bridgehead atoms. The molecule has 4 atom stereocenters. The molecule has 5 amide bonds. The fourth-order valence-electron chi connectivity index (χ4n) is 5.87. The number of rotatable bonds is 12. The van der Waals surface area contributed by atoms with Crippen LogP contribution in [0.5, 0.6) is 0 Å². The average molecular weight is 740 g/mol. The van der Waals surface area contributed by atoms with Crippen LogP contribution in [0.3, 0.4) is 0 Å². The molecule has 292 valence electrons. The molecule has 0 aromatic heterocycles. The van der Waals surface area contributed by atoms with Gasteiger partial charge in [0.25, 0.3) is 5.91 Å². The number of allylic oxidation sites excluding steroid dienone is 2. The minimum absolute atomic E-state index is 0.0404. The highest BCUT2D eigenvalue weighted by Gasteiger charge is 2.46. The molecule has 0 radical (unpaired) electrons. The smallest absolute Gasteiger partial charge is 0.407 e. The third-order valence-electron chi connectivity index (χ3n) is 8.78. The van der Waals surface area contributed by atoms with Gasteiger partial charge in [0.1, 0.15) is 17.7 Å². The topological polar surface area (TPSA) is 198 Å². The third kappa shape index (κ3) is 14.7. The Hall–Kier alpha value is -4.75. The molecular formula is C39H57N5O9. The number of carbonyl (C=O) groups excluding carboxylic acids is 7. The first-order valence-corrected chi connectivity index (χ1v) is 18.5. The zero-order valence-corrected chi connectivity index (χ0v) is 32.0. The fourth-order valence-corrected chi connectivity index (χ4v) is 5.87. The Morgan fingerprint density at radius 1 is 0.925 bits per heavy atom. The molecular weight excluding hydrogens is 682 g/mol. The number of ether oxygens (including phenoxy) is 2. The highest BCUT2D eigenvalue weighted by atomic mass is 16.6. The number of Topliss-reactive ketones (excluding diaryl/α,β-unsaturated/α-hetero) is 1. The lowest BCUT2D eigenvalue weighted by atomic mass is 9.90. The second kappa shape index (κ2) is 19.4. The van der Waals surface area contributed by atoms with E-state index in [9.17, 15) is 33.6 Å². The summed E-state index contributed by atoms with van der Waals surface area (Å²) in [5.74, 6) is -4.63. The van der Waals surface area contributed by atoms with Gasteiger partial charge >= 0.3 is 12.1 Å². The summed E-state index contributed by atoms with van der Waals surface area (Å²) in [6, 6.07) is 4.03. The maximum absolute atomic E-state index is 13.8. The molecule has 14 heteroatoms. The molecule has 1 aliphatic carbocycles. The van der Waals surface area contributed by atoms with Crippen molar-refractivity contribution in [1.82, 2.24) is 26.6 Å². The molecule has 1 spiro atoms. The summed E-state index contributed by atoms with van der Waals surface area (Å²) < 4.78 is 10.7. The van der Waals surface area contributed by atoms with Crippen molar-refractivity contribution in [2.75, 3.05) is 13.2 Å². The summed E-state index contributed by atoms with van der Waals surface area (Å²) in [4.78, 5) is 92.7. The number of alkyl carbamates (subject to hydrolysis) is 1. The van der Waals surface area contributed by atoms with Crippen LogP contribution in [0.2, 0.25) is 0 Å². The van der Waals surface area contributed by atoms with Crippen molar-refractivity contribution >= 4 is 41.5 Å². The Kier molecular flexibility index (Phi) is 15.6. The van der Waals surface area contributed by atoms with E-state index in [1.807, 2.05) is 39.8 Å². The molecule has 2 aliphatic rings. The number of carbonyl (C=O) groups is 7. The zero-order valence-electron chi connectivity index (χ0n) is 32.0. The molecule has 1 heterocycles. The highest BCUT2D eigenvalue weighted by Crippen LogP contribution is 2.53. The summed E-state index contributed by atoms with van der Waals surface area (Å²) in [6.07, 6.45) is 6.43. The Bertz CT molecular complexity index is 1500. The van der Waals surface area contributed by atoms with Gasteiger partial charge in [-0.1, -0.05) is 70.2 Å². The monoisotopic (exact) mass is 739 g/mol. The molecule has 1 aromatic carbocycles. The number of ketones is 1. The molecule has 1 saturated carbocycles. The number of nitrogens with one attached hydrogen (secondary N) is 5. The molecule has 14 nitrogen and oxygen atoms in total. The van der Waals surface area contributed by atoms with E-state index in [0.29, 0.717) is 18.4 Å². The van der Waals surface area contributed by atoms with Gasteiger partial charge in [-0.3, -0.25) is 24.0 Å². The second-order valence-corrected chi connectivity index (χ2v) is 15.9. The van der Waals surface area contributed by atoms with E-state index in [0.717, 1.165) is 12.8 Å². The number of hydrogen-bond acceptors (Lipinski definition) is 9. The maximum atomic E-state index is 13.8. The van der Waals surface area contributed by atoms with Gasteiger partial charge in [-0.05, 0) is 88.5 Å². The lowest BCUT2D eigenvalue weighted by Crippen LogP contribution is -2.57. The first-order chi connectivity index (χ1) is 24.9. The van der Waals surface area contributed by atoms with Gasteiger partial charge in [-0.2, -0.15) is 0 Å². The maximum Gasteiger partial charge on any atom is 0.407 e. The summed E-state index contributed by atoms with van der Waals surface area (Å²) in [5.41, 5.74) is -0.672. The first-order valence-electron chi connectivity index (χ1n) is 18.5. The lowest BCUT2D eigenvalue weighted by Gasteiger charge is -2.28. The third-order valence-corrected chi connectivity index (χ3v) is 8.78. The number of esters is 1. The summed E-state index contributed by atoms with van der Waals surface area (Å²) >= 11 is 0. The predicted octanol–water partition coefficient (Wildman–Crippen LogP) is 3.55. The summed E-state index contributed by atoms with van der Waals surface area (Å²) in [7, 11) is 0. The quantitative estimate of drug-likeness (QED) is 0.121. The van der Waals surface area contributed by atoms with Gasteiger partial charge in [0.2, 0.25) is 23.5 Å². The van der Waals surface area contributed by atoms with E-state index in [2.05, 4.69) is 26.6 Å². The van der Waals surface area contributed by atoms with Crippen LogP contribution in [0.15, 0.2) is 42.5 Å². The van der Waals surface area contributed by atoms with Crippen LogP contribution < -0.4 is 26.6 Å². The van der Waals surface area contributed by atoms with Crippen molar-refractivity contribution in [1.29, 1.82) is 0 Å². The van der Waals surface area contributed by atoms with E-state index in [4.69, 9.17) is 9.47 Å². The normalized spacial score (nSPS) is 21.6. The first kappa shape index (κ1) is 42.7. The fraction of sp³-hybridized carbons (Fsp3) is 0.615. The Morgan fingerprint density at radius 3 is 2.21 bits per heavy atom. The van der Waals surface area contributed by atoms with Gasteiger partial charge in [-0.25, -0.2) is 9.59 Å². The molecule has 1 aliphatic heterocycles. The Labute approximate surface area is 312 Å². The number of amides is 5. The molecule has 1 unspecified atom stereocenters. The Morgan fingerprint density at radius 2 is 1.60 bits per heavy atom.